The van der Waals surface area contributed by atoms with Crippen molar-refractivity contribution in [2.75, 3.05) is 33.2 Å². The number of hydrogen-bond acceptors (Lipinski definition) is 3. The Bertz CT molecular complexity index is 261. The molecule has 0 spiro atoms. The quantitative estimate of drug-likeness (QED) is 0.806. The zero-order chi connectivity index (χ0) is 13.3. The van der Waals surface area contributed by atoms with E-state index in [4.69, 9.17) is 0 Å². The lowest BCUT2D eigenvalue weighted by Crippen LogP contribution is -2.57. The number of piperazine rings is 1. The largest absolute Gasteiger partial charge is 0.313 e. The van der Waals surface area contributed by atoms with Gasteiger partial charge in [0.25, 0.3) is 0 Å². The first-order valence-electron chi connectivity index (χ1n) is 7.55. The third-order valence-electron chi connectivity index (χ3n) is 4.53. The van der Waals surface area contributed by atoms with E-state index in [9.17, 15) is 0 Å². The standard InChI is InChI=1S/C15H31N3/c1-12-8-18(9-13(2)17(12)5)11-15(3,4)10-16-14-6-7-14/h12-14,16H,6-11H2,1-5H3. The summed E-state index contributed by atoms with van der Waals surface area (Å²) >= 11 is 0. The zero-order valence-corrected chi connectivity index (χ0v) is 12.9. The SMILES string of the molecule is CC1CN(CC(C)(C)CNC2CC2)CC(C)N1C. The third-order valence-corrected chi connectivity index (χ3v) is 4.53. The fraction of sp³-hybridized carbons (Fsp3) is 1.00. The summed E-state index contributed by atoms with van der Waals surface area (Å²) in [7, 11) is 2.26. The molecular formula is C15H31N3. The highest BCUT2D eigenvalue weighted by molar-refractivity contribution is 4.88. The van der Waals surface area contributed by atoms with Gasteiger partial charge in [-0.15, -0.1) is 0 Å². The van der Waals surface area contributed by atoms with Crippen LogP contribution in [0.25, 0.3) is 0 Å². The molecular weight excluding hydrogens is 222 g/mol. The molecule has 2 fully saturated rings. The van der Waals surface area contributed by atoms with Crippen molar-refractivity contribution >= 4 is 0 Å². The average Bonchev–Trinajstić information content (AvgIpc) is 3.06. The Morgan fingerprint density at radius 2 is 1.67 bits per heavy atom. The van der Waals surface area contributed by atoms with Crippen molar-refractivity contribution in [2.45, 2.75) is 58.7 Å². The van der Waals surface area contributed by atoms with Crippen LogP contribution >= 0.6 is 0 Å². The minimum atomic E-state index is 0.387. The number of nitrogens with zero attached hydrogens (tertiary/aromatic N) is 2. The third kappa shape index (κ3) is 3.94. The summed E-state index contributed by atoms with van der Waals surface area (Å²) in [6.07, 6.45) is 2.78. The first kappa shape index (κ1) is 14.3. The minimum absolute atomic E-state index is 0.387. The summed E-state index contributed by atoms with van der Waals surface area (Å²) in [5.74, 6) is 0. The van der Waals surface area contributed by atoms with Crippen LogP contribution in [0.3, 0.4) is 0 Å². The highest BCUT2D eigenvalue weighted by Crippen LogP contribution is 2.24. The highest BCUT2D eigenvalue weighted by Gasteiger charge is 2.31. The highest BCUT2D eigenvalue weighted by atomic mass is 15.3. The van der Waals surface area contributed by atoms with E-state index in [0.29, 0.717) is 17.5 Å². The van der Waals surface area contributed by atoms with Crippen LogP contribution in [0.1, 0.15) is 40.5 Å². The van der Waals surface area contributed by atoms with Crippen LogP contribution in [0.4, 0.5) is 0 Å². The normalized spacial score (nSPS) is 31.8. The van der Waals surface area contributed by atoms with Crippen molar-refractivity contribution in [2.24, 2.45) is 5.41 Å². The minimum Gasteiger partial charge on any atom is -0.313 e. The molecule has 3 nitrogen and oxygen atoms in total. The molecule has 1 aliphatic heterocycles. The van der Waals surface area contributed by atoms with Crippen LogP contribution in [-0.4, -0.2) is 61.2 Å². The molecule has 0 bridgehead atoms. The molecule has 0 amide bonds. The summed E-state index contributed by atoms with van der Waals surface area (Å²) in [5.41, 5.74) is 0.387. The van der Waals surface area contributed by atoms with Crippen LogP contribution in [0.2, 0.25) is 0 Å². The molecule has 2 rings (SSSR count). The molecule has 2 aliphatic rings. The molecule has 1 saturated heterocycles. The summed E-state index contributed by atoms with van der Waals surface area (Å²) in [5, 5.41) is 3.68. The Balaban J connectivity index is 1.79. The zero-order valence-electron chi connectivity index (χ0n) is 12.9. The first-order chi connectivity index (χ1) is 8.37. The second-order valence-corrected chi connectivity index (χ2v) is 7.38. The van der Waals surface area contributed by atoms with Crippen molar-refractivity contribution in [3.8, 4) is 0 Å². The van der Waals surface area contributed by atoms with E-state index in [1.54, 1.807) is 0 Å². The van der Waals surface area contributed by atoms with Gasteiger partial charge in [0, 0.05) is 44.3 Å². The summed E-state index contributed by atoms with van der Waals surface area (Å²) in [6.45, 7) is 14.3. The Kier molecular flexibility index (Phi) is 4.35. The van der Waals surface area contributed by atoms with Crippen molar-refractivity contribution in [1.29, 1.82) is 0 Å². The van der Waals surface area contributed by atoms with Gasteiger partial charge in [0.1, 0.15) is 0 Å². The molecule has 1 aliphatic carbocycles. The van der Waals surface area contributed by atoms with E-state index in [-0.39, 0.29) is 0 Å². The van der Waals surface area contributed by atoms with Crippen molar-refractivity contribution in [3.63, 3.8) is 0 Å². The summed E-state index contributed by atoms with van der Waals surface area (Å²) in [6, 6.07) is 2.19. The maximum atomic E-state index is 3.68. The van der Waals surface area contributed by atoms with Gasteiger partial charge in [0.05, 0.1) is 0 Å². The fourth-order valence-corrected chi connectivity index (χ4v) is 3.01. The van der Waals surface area contributed by atoms with Crippen molar-refractivity contribution < 1.29 is 0 Å². The molecule has 18 heavy (non-hydrogen) atoms. The predicted octanol–water partition coefficient (Wildman–Crippen LogP) is 1.79. The van der Waals surface area contributed by atoms with E-state index < -0.39 is 0 Å². The van der Waals surface area contributed by atoms with Crippen LogP contribution in [0, 0.1) is 5.41 Å². The Morgan fingerprint density at radius 1 is 1.11 bits per heavy atom. The molecule has 0 radical (unpaired) electrons. The lowest BCUT2D eigenvalue weighted by molar-refractivity contribution is 0.0382. The van der Waals surface area contributed by atoms with Gasteiger partial charge in [-0.3, -0.25) is 9.80 Å². The van der Waals surface area contributed by atoms with E-state index >= 15 is 0 Å². The molecule has 3 heteroatoms. The molecule has 2 atom stereocenters. The van der Waals surface area contributed by atoms with Crippen molar-refractivity contribution in [3.05, 3.63) is 0 Å². The molecule has 106 valence electrons. The van der Waals surface area contributed by atoms with E-state index in [1.807, 2.05) is 0 Å². The fourth-order valence-electron chi connectivity index (χ4n) is 3.01. The van der Waals surface area contributed by atoms with Gasteiger partial charge >= 0.3 is 0 Å². The molecule has 1 N–H and O–H groups in total. The predicted molar refractivity (Wildman–Crippen MR) is 77.9 cm³/mol. The van der Waals surface area contributed by atoms with E-state index in [0.717, 1.165) is 12.6 Å². The van der Waals surface area contributed by atoms with Gasteiger partial charge in [-0.2, -0.15) is 0 Å². The smallest absolute Gasteiger partial charge is 0.0195 e. The number of hydrogen-bond donors (Lipinski definition) is 1. The molecule has 0 aromatic rings. The summed E-state index contributed by atoms with van der Waals surface area (Å²) in [4.78, 5) is 5.16. The van der Waals surface area contributed by atoms with Crippen LogP contribution < -0.4 is 5.32 Å². The van der Waals surface area contributed by atoms with Gasteiger partial charge in [0.15, 0.2) is 0 Å². The topological polar surface area (TPSA) is 18.5 Å². The number of likely N-dealkylation sites (N-methyl/N-ethyl adjacent to an activating group) is 1. The van der Waals surface area contributed by atoms with Crippen LogP contribution in [0.5, 0.6) is 0 Å². The van der Waals surface area contributed by atoms with Crippen molar-refractivity contribution in [1.82, 2.24) is 15.1 Å². The van der Waals surface area contributed by atoms with Crippen LogP contribution in [-0.2, 0) is 0 Å². The molecule has 2 unspecified atom stereocenters. The Labute approximate surface area is 113 Å². The molecule has 1 saturated carbocycles. The second-order valence-electron chi connectivity index (χ2n) is 7.38. The first-order valence-corrected chi connectivity index (χ1v) is 7.55. The monoisotopic (exact) mass is 253 g/mol. The van der Waals surface area contributed by atoms with E-state index in [2.05, 4.69) is 49.9 Å². The average molecular weight is 253 g/mol. The van der Waals surface area contributed by atoms with Crippen LogP contribution in [0.15, 0.2) is 0 Å². The molecule has 0 aromatic heterocycles. The van der Waals surface area contributed by atoms with Gasteiger partial charge in [-0.05, 0) is 39.2 Å². The number of nitrogens with one attached hydrogen (secondary N) is 1. The van der Waals surface area contributed by atoms with Gasteiger partial charge in [0.2, 0.25) is 0 Å². The Hall–Kier alpha value is -0.120. The van der Waals surface area contributed by atoms with Gasteiger partial charge in [-0.25, -0.2) is 0 Å². The summed E-state index contributed by atoms with van der Waals surface area (Å²) < 4.78 is 0. The maximum Gasteiger partial charge on any atom is 0.0195 e. The molecule has 0 aromatic carbocycles. The second kappa shape index (κ2) is 5.48. The van der Waals surface area contributed by atoms with Gasteiger partial charge < -0.3 is 5.32 Å². The van der Waals surface area contributed by atoms with E-state index in [1.165, 1.54) is 32.5 Å². The number of rotatable bonds is 5. The molecule has 1 heterocycles. The Morgan fingerprint density at radius 3 is 2.17 bits per heavy atom. The van der Waals surface area contributed by atoms with Gasteiger partial charge in [-0.1, -0.05) is 13.8 Å². The maximum absolute atomic E-state index is 3.68. The lowest BCUT2D eigenvalue weighted by Gasteiger charge is -2.45. The lowest BCUT2D eigenvalue weighted by atomic mass is 9.91.